The fourth-order valence-electron chi connectivity index (χ4n) is 4.41. The van der Waals surface area contributed by atoms with Crippen molar-refractivity contribution in [3.8, 4) is 0 Å². The number of benzene rings is 1. The predicted molar refractivity (Wildman–Crippen MR) is 107 cm³/mol. The van der Waals surface area contributed by atoms with Gasteiger partial charge in [-0.05, 0) is 43.7 Å². The smallest absolute Gasteiger partial charge is 0.230 e. The first-order valence-corrected chi connectivity index (χ1v) is 10.8. The van der Waals surface area contributed by atoms with Gasteiger partial charge >= 0.3 is 0 Å². The number of nitrogens with zero attached hydrogens (tertiary/aromatic N) is 3. The highest BCUT2D eigenvalue weighted by molar-refractivity contribution is 8.13. The first-order valence-electron chi connectivity index (χ1n) is 9.83. The molecular formula is C20H27FN4OS. The molecule has 2 aliphatic heterocycles. The van der Waals surface area contributed by atoms with Crippen molar-refractivity contribution in [3.63, 3.8) is 0 Å². The minimum Gasteiger partial charge on any atom is -0.307 e. The fourth-order valence-corrected chi connectivity index (χ4v) is 5.52. The van der Waals surface area contributed by atoms with Crippen molar-refractivity contribution in [1.29, 1.82) is 0 Å². The molecule has 1 saturated carbocycles. The Morgan fingerprint density at radius 1 is 1.33 bits per heavy atom. The number of fused-ring (bicyclic) bond motifs is 3. The second-order valence-corrected chi connectivity index (χ2v) is 8.58. The van der Waals surface area contributed by atoms with Gasteiger partial charge in [0.2, 0.25) is 5.91 Å². The van der Waals surface area contributed by atoms with E-state index in [2.05, 4.69) is 47.5 Å². The van der Waals surface area contributed by atoms with E-state index in [0.29, 0.717) is 25.8 Å². The second-order valence-electron chi connectivity index (χ2n) is 7.64. The SMILES string of the molecule is CCCN1C(=O)C2CC(F)CCC2N2C(SCc3ccccc3C)=NNC12. The van der Waals surface area contributed by atoms with E-state index in [9.17, 15) is 9.18 Å². The van der Waals surface area contributed by atoms with Crippen LogP contribution in [0.3, 0.4) is 0 Å². The van der Waals surface area contributed by atoms with E-state index in [4.69, 9.17) is 0 Å². The summed E-state index contributed by atoms with van der Waals surface area (Å²) in [6.07, 6.45) is 1.35. The molecule has 1 amide bonds. The quantitative estimate of drug-likeness (QED) is 0.856. The lowest BCUT2D eigenvalue weighted by atomic mass is 9.80. The molecule has 7 heteroatoms. The molecule has 4 unspecified atom stereocenters. The van der Waals surface area contributed by atoms with Crippen molar-refractivity contribution in [2.75, 3.05) is 6.54 Å². The number of amides is 1. The summed E-state index contributed by atoms with van der Waals surface area (Å²) in [5.41, 5.74) is 5.73. The third kappa shape index (κ3) is 3.42. The molecule has 5 nitrogen and oxygen atoms in total. The van der Waals surface area contributed by atoms with E-state index < -0.39 is 6.17 Å². The second kappa shape index (κ2) is 7.70. The van der Waals surface area contributed by atoms with Crippen LogP contribution in [0.4, 0.5) is 4.39 Å². The van der Waals surface area contributed by atoms with Gasteiger partial charge in [0.05, 0.1) is 5.92 Å². The molecule has 1 aliphatic carbocycles. The van der Waals surface area contributed by atoms with Crippen molar-refractivity contribution in [3.05, 3.63) is 35.4 Å². The van der Waals surface area contributed by atoms with Crippen molar-refractivity contribution in [2.45, 2.75) is 63.8 Å². The van der Waals surface area contributed by atoms with Crippen LogP contribution in [0.1, 0.15) is 43.7 Å². The number of alkyl halides is 1. The number of hydrogen-bond donors (Lipinski definition) is 1. The highest BCUT2D eigenvalue weighted by Gasteiger charge is 2.52. The number of halogens is 1. The van der Waals surface area contributed by atoms with Crippen LogP contribution < -0.4 is 5.43 Å². The molecule has 1 aromatic rings. The summed E-state index contributed by atoms with van der Waals surface area (Å²) in [5, 5.41) is 5.49. The Kier molecular flexibility index (Phi) is 5.30. The van der Waals surface area contributed by atoms with Crippen LogP contribution in [0.5, 0.6) is 0 Å². The van der Waals surface area contributed by atoms with Crippen molar-refractivity contribution in [2.24, 2.45) is 11.0 Å². The van der Waals surface area contributed by atoms with Crippen LogP contribution in [-0.2, 0) is 10.5 Å². The van der Waals surface area contributed by atoms with E-state index in [0.717, 1.165) is 17.3 Å². The monoisotopic (exact) mass is 390 g/mol. The van der Waals surface area contributed by atoms with E-state index in [1.807, 2.05) is 11.0 Å². The summed E-state index contributed by atoms with van der Waals surface area (Å²) in [5.74, 6) is 0.653. The number of rotatable bonds is 4. The molecule has 3 aliphatic rings. The summed E-state index contributed by atoms with van der Waals surface area (Å²) in [6, 6.07) is 8.41. The Bertz CT molecular complexity index is 742. The minimum atomic E-state index is -0.870. The topological polar surface area (TPSA) is 47.9 Å². The van der Waals surface area contributed by atoms with E-state index in [1.54, 1.807) is 11.8 Å². The molecule has 0 aromatic heterocycles. The molecule has 1 aromatic carbocycles. The van der Waals surface area contributed by atoms with Crippen molar-refractivity contribution in [1.82, 2.24) is 15.2 Å². The maximum Gasteiger partial charge on any atom is 0.230 e. The van der Waals surface area contributed by atoms with Gasteiger partial charge in [-0.1, -0.05) is 43.0 Å². The lowest BCUT2D eigenvalue weighted by molar-refractivity contribution is -0.156. The summed E-state index contributed by atoms with van der Waals surface area (Å²) < 4.78 is 14.1. The normalized spacial score (nSPS) is 29.9. The zero-order valence-electron chi connectivity index (χ0n) is 15.9. The molecule has 0 bridgehead atoms. The van der Waals surface area contributed by atoms with Crippen LogP contribution in [-0.4, -0.2) is 45.9 Å². The fraction of sp³-hybridized carbons (Fsp3) is 0.600. The van der Waals surface area contributed by atoms with Crippen LogP contribution >= 0.6 is 11.8 Å². The first-order chi connectivity index (χ1) is 13.1. The van der Waals surface area contributed by atoms with Crippen molar-refractivity contribution >= 4 is 22.8 Å². The lowest BCUT2D eigenvalue weighted by Crippen LogP contribution is -2.67. The molecule has 4 atom stereocenters. The number of carbonyl (C=O) groups excluding carboxylic acids is 1. The Morgan fingerprint density at radius 2 is 2.15 bits per heavy atom. The maximum atomic E-state index is 14.1. The minimum absolute atomic E-state index is 0.0423. The van der Waals surface area contributed by atoms with Crippen molar-refractivity contribution < 1.29 is 9.18 Å². The van der Waals surface area contributed by atoms with Gasteiger partial charge in [-0.3, -0.25) is 10.2 Å². The van der Waals surface area contributed by atoms with Crippen LogP contribution in [0.2, 0.25) is 0 Å². The molecule has 2 heterocycles. The van der Waals surface area contributed by atoms with Gasteiger partial charge in [-0.15, -0.1) is 0 Å². The van der Waals surface area contributed by atoms with Gasteiger partial charge in [0.15, 0.2) is 11.5 Å². The van der Waals surface area contributed by atoms with E-state index in [-0.39, 0.29) is 24.2 Å². The van der Waals surface area contributed by atoms with Gasteiger partial charge in [0.25, 0.3) is 0 Å². The van der Waals surface area contributed by atoms with Gasteiger partial charge in [-0.2, -0.15) is 5.10 Å². The Hall–Kier alpha value is -1.76. The summed E-state index contributed by atoms with van der Waals surface area (Å²) >= 11 is 1.70. The highest BCUT2D eigenvalue weighted by Crippen LogP contribution is 2.40. The molecule has 1 saturated heterocycles. The number of hydrogen-bond acceptors (Lipinski definition) is 5. The molecule has 0 spiro atoms. The Labute approximate surface area is 164 Å². The number of hydrazone groups is 1. The number of thioether (sulfide) groups is 1. The largest absolute Gasteiger partial charge is 0.307 e. The number of nitrogens with one attached hydrogen (secondary N) is 1. The lowest BCUT2D eigenvalue weighted by Gasteiger charge is -2.50. The van der Waals surface area contributed by atoms with Gasteiger partial charge in [0.1, 0.15) is 6.17 Å². The Morgan fingerprint density at radius 3 is 2.93 bits per heavy atom. The number of carbonyl (C=O) groups is 1. The zero-order valence-corrected chi connectivity index (χ0v) is 16.7. The molecule has 4 rings (SSSR count). The molecule has 146 valence electrons. The van der Waals surface area contributed by atoms with Gasteiger partial charge < -0.3 is 9.80 Å². The predicted octanol–water partition coefficient (Wildman–Crippen LogP) is 3.45. The maximum absolute atomic E-state index is 14.1. The molecular weight excluding hydrogens is 363 g/mol. The average molecular weight is 391 g/mol. The molecule has 2 fully saturated rings. The Balaban J connectivity index is 1.55. The highest BCUT2D eigenvalue weighted by atomic mass is 32.2. The summed E-state index contributed by atoms with van der Waals surface area (Å²) in [4.78, 5) is 17.1. The van der Waals surface area contributed by atoms with Gasteiger partial charge in [-0.25, -0.2) is 4.39 Å². The van der Waals surface area contributed by atoms with E-state index >= 15 is 0 Å². The van der Waals surface area contributed by atoms with Gasteiger partial charge in [0, 0.05) is 18.3 Å². The molecule has 0 radical (unpaired) electrons. The van der Waals surface area contributed by atoms with Crippen LogP contribution in [0, 0.1) is 12.8 Å². The van der Waals surface area contributed by atoms with E-state index in [1.165, 1.54) is 11.1 Å². The number of amidine groups is 1. The van der Waals surface area contributed by atoms with Crippen LogP contribution in [0.15, 0.2) is 29.4 Å². The molecule has 1 N–H and O–H groups in total. The molecule has 27 heavy (non-hydrogen) atoms. The number of aryl methyl sites for hydroxylation is 1. The van der Waals surface area contributed by atoms with Crippen LogP contribution in [0.25, 0.3) is 0 Å². The standard InChI is InChI=1S/C20H27FN4OS/c1-3-10-24-18(26)16-11-15(21)8-9-17(16)25-19(24)22-23-20(25)27-12-14-7-5-4-6-13(14)2/h4-7,15-17,19,22H,3,8-12H2,1-2H3. The third-order valence-electron chi connectivity index (χ3n) is 5.85. The third-order valence-corrected chi connectivity index (χ3v) is 6.86. The first kappa shape index (κ1) is 18.6. The zero-order chi connectivity index (χ0) is 19.0. The average Bonchev–Trinajstić information content (AvgIpc) is 3.08. The summed E-state index contributed by atoms with van der Waals surface area (Å²) in [6.45, 7) is 4.85. The summed E-state index contributed by atoms with van der Waals surface area (Å²) in [7, 11) is 0.